The molecule has 0 radical (unpaired) electrons. The Morgan fingerprint density at radius 1 is 0.750 bits per heavy atom. The number of aromatic amines is 1. The van der Waals surface area contributed by atoms with Crippen LogP contribution in [0.5, 0.6) is 11.5 Å². The van der Waals surface area contributed by atoms with E-state index in [0.29, 0.717) is 6.61 Å². The van der Waals surface area contributed by atoms with E-state index in [-0.39, 0.29) is 0 Å². The maximum Gasteiger partial charge on any atom is 0.138 e. The van der Waals surface area contributed by atoms with E-state index in [1.54, 1.807) is 7.11 Å². The molecule has 32 heavy (non-hydrogen) atoms. The highest BCUT2D eigenvalue weighted by molar-refractivity contribution is 5.79. The molecule has 4 heteroatoms. The van der Waals surface area contributed by atoms with Crippen molar-refractivity contribution in [2.45, 2.75) is 13.0 Å². The largest absolute Gasteiger partial charge is 0.496 e. The van der Waals surface area contributed by atoms with E-state index in [9.17, 15) is 0 Å². The Labute approximate surface area is 187 Å². The zero-order valence-electron chi connectivity index (χ0n) is 17.9. The van der Waals surface area contributed by atoms with Crippen LogP contribution in [0.2, 0.25) is 0 Å². The molecular formula is C28H24N2O2. The maximum absolute atomic E-state index is 6.28. The third-order valence-electron chi connectivity index (χ3n) is 5.54. The van der Waals surface area contributed by atoms with Gasteiger partial charge in [-0.3, -0.25) is 0 Å². The van der Waals surface area contributed by atoms with Gasteiger partial charge in [0.05, 0.1) is 18.1 Å². The van der Waals surface area contributed by atoms with Crippen LogP contribution < -0.4 is 9.47 Å². The van der Waals surface area contributed by atoms with Gasteiger partial charge in [0.2, 0.25) is 0 Å². The van der Waals surface area contributed by atoms with Crippen molar-refractivity contribution in [1.29, 1.82) is 0 Å². The molecule has 5 aromatic rings. The average molecular weight is 421 g/mol. The van der Waals surface area contributed by atoms with Crippen LogP contribution in [0.25, 0.3) is 22.4 Å². The van der Waals surface area contributed by atoms with E-state index in [4.69, 9.17) is 14.5 Å². The third kappa shape index (κ3) is 4.21. The topological polar surface area (TPSA) is 47.1 Å². The molecule has 0 saturated carbocycles. The van der Waals surface area contributed by atoms with Crippen molar-refractivity contribution in [2.24, 2.45) is 0 Å². The fourth-order valence-electron chi connectivity index (χ4n) is 3.89. The summed E-state index contributed by atoms with van der Waals surface area (Å²) in [6.45, 7) is 0.406. The molecule has 0 amide bonds. The Bertz CT molecular complexity index is 1310. The lowest BCUT2D eigenvalue weighted by Crippen LogP contribution is -2.02. The summed E-state index contributed by atoms with van der Waals surface area (Å²) in [5.41, 5.74) is 6.36. The van der Waals surface area contributed by atoms with E-state index in [1.165, 1.54) is 5.56 Å². The number of nitrogens with zero attached hydrogens (tertiary/aromatic N) is 1. The second-order valence-electron chi connectivity index (χ2n) is 7.69. The lowest BCUT2D eigenvalue weighted by molar-refractivity contribution is 0.294. The van der Waals surface area contributed by atoms with Crippen molar-refractivity contribution in [2.75, 3.05) is 7.11 Å². The summed E-state index contributed by atoms with van der Waals surface area (Å²) >= 11 is 0. The zero-order valence-corrected chi connectivity index (χ0v) is 17.9. The average Bonchev–Trinajstić information content (AvgIpc) is 3.28. The van der Waals surface area contributed by atoms with Gasteiger partial charge in [-0.15, -0.1) is 0 Å². The number of para-hydroxylation sites is 3. The molecule has 0 fully saturated rings. The van der Waals surface area contributed by atoms with E-state index in [0.717, 1.165) is 51.5 Å². The van der Waals surface area contributed by atoms with Gasteiger partial charge in [-0.2, -0.15) is 0 Å². The number of hydrogen-bond donors (Lipinski definition) is 1. The van der Waals surface area contributed by atoms with Gasteiger partial charge in [-0.1, -0.05) is 60.7 Å². The number of methoxy groups -OCH3 is 1. The van der Waals surface area contributed by atoms with Crippen LogP contribution in [0.1, 0.15) is 16.7 Å². The fourth-order valence-corrected chi connectivity index (χ4v) is 3.89. The van der Waals surface area contributed by atoms with E-state index >= 15 is 0 Å². The summed E-state index contributed by atoms with van der Waals surface area (Å²) in [5.74, 6) is 2.51. The van der Waals surface area contributed by atoms with Gasteiger partial charge in [0, 0.05) is 17.5 Å². The molecule has 1 N–H and O–H groups in total. The number of H-pyrrole nitrogens is 1. The van der Waals surface area contributed by atoms with Crippen LogP contribution >= 0.6 is 0 Å². The van der Waals surface area contributed by atoms with E-state index in [2.05, 4.69) is 41.4 Å². The van der Waals surface area contributed by atoms with Crippen LogP contribution in [0.4, 0.5) is 0 Å². The lowest BCUT2D eigenvalue weighted by Gasteiger charge is -2.14. The molecule has 158 valence electrons. The monoisotopic (exact) mass is 420 g/mol. The van der Waals surface area contributed by atoms with Gasteiger partial charge >= 0.3 is 0 Å². The first kappa shape index (κ1) is 19.9. The van der Waals surface area contributed by atoms with Crippen molar-refractivity contribution < 1.29 is 9.47 Å². The lowest BCUT2D eigenvalue weighted by atomic mass is 10.0. The molecule has 1 heterocycles. The number of hydrogen-bond acceptors (Lipinski definition) is 3. The second kappa shape index (κ2) is 8.98. The Morgan fingerprint density at radius 3 is 2.38 bits per heavy atom. The molecule has 0 aliphatic heterocycles. The molecule has 0 spiro atoms. The minimum Gasteiger partial charge on any atom is -0.496 e. The predicted molar refractivity (Wildman–Crippen MR) is 128 cm³/mol. The van der Waals surface area contributed by atoms with Crippen molar-refractivity contribution in [1.82, 2.24) is 9.97 Å². The summed E-state index contributed by atoms with van der Waals surface area (Å²) < 4.78 is 11.9. The zero-order chi connectivity index (χ0) is 21.8. The molecule has 1 aromatic heterocycles. The molecule has 0 aliphatic rings. The Balaban J connectivity index is 1.40. The molecule has 0 unspecified atom stereocenters. The van der Waals surface area contributed by atoms with Crippen LogP contribution in [0.15, 0.2) is 97.1 Å². The van der Waals surface area contributed by atoms with Crippen LogP contribution in [0.3, 0.4) is 0 Å². The molecule has 4 nitrogen and oxygen atoms in total. The van der Waals surface area contributed by atoms with Gasteiger partial charge in [0.15, 0.2) is 0 Å². The highest BCUT2D eigenvalue weighted by atomic mass is 16.5. The number of aromatic nitrogens is 2. The van der Waals surface area contributed by atoms with Crippen molar-refractivity contribution in [3.8, 4) is 22.9 Å². The number of imidazole rings is 1. The molecule has 0 aliphatic carbocycles. The van der Waals surface area contributed by atoms with Gasteiger partial charge in [0.25, 0.3) is 0 Å². The molecular weight excluding hydrogens is 396 g/mol. The number of nitrogens with one attached hydrogen (secondary N) is 1. The maximum atomic E-state index is 6.28. The first-order valence-corrected chi connectivity index (χ1v) is 10.7. The Kier molecular flexibility index (Phi) is 5.58. The number of fused-ring (bicyclic) bond motifs is 1. The summed E-state index contributed by atoms with van der Waals surface area (Å²) in [5, 5.41) is 0. The predicted octanol–water partition coefficient (Wildman–Crippen LogP) is 6.41. The van der Waals surface area contributed by atoms with Gasteiger partial charge in [-0.05, 0) is 47.5 Å². The molecule has 4 aromatic carbocycles. The van der Waals surface area contributed by atoms with Gasteiger partial charge in [-0.25, -0.2) is 4.98 Å². The summed E-state index contributed by atoms with van der Waals surface area (Å²) in [6.07, 6.45) is 0.827. The highest BCUT2D eigenvalue weighted by Crippen LogP contribution is 2.29. The van der Waals surface area contributed by atoms with Crippen molar-refractivity contribution >= 4 is 11.0 Å². The van der Waals surface area contributed by atoms with Crippen molar-refractivity contribution in [3.63, 3.8) is 0 Å². The number of benzene rings is 4. The summed E-state index contributed by atoms with van der Waals surface area (Å²) in [6, 6.07) is 32.7. The minimum atomic E-state index is 0.406. The fraction of sp³-hybridized carbons (Fsp3) is 0.107. The quantitative estimate of drug-likeness (QED) is 0.331. The number of rotatable bonds is 7. The van der Waals surface area contributed by atoms with E-state index < -0.39 is 0 Å². The van der Waals surface area contributed by atoms with Gasteiger partial charge in [0.1, 0.15) is 23.9 Å². The molecule has 0 saturated heterocycles. The molecule has 0 atom stereocenters. The Morgan fingerprint density at radius 2 is 1.53 bits per heavy atom. The molecule has 0 bridgehead atoms. The summed E-state index contributed by atoms with van der Waals surface area (Å²) in [7, 11) is 1.68. The van der Waals surface area contributed by atoms with Crippen LogP contribution in [-0.2, 0) is 13.0 Å². The van der Waals surface area contributed by atoms with E-state index in [1.807, 2.05) is 60.7 Å². The first-order chi connectivity index (χ1) is 15.8. The molecule has 5 rings (SSSR count). The summed E-state index contributed by atoms with van der Waals surface area (Å²) in [4.78, 5) is 8.12. The van der Waals surface area contributed by atoms with Crippen molar-refractivity contribution in [3.05, 3.63) is 114 Å². The standard InChI is InChI=1S/C28H24N2O2/c1-31-26-16-15-22(28-29-24-12-6-7-13-25(24)30-28)18-23(26)19-32-27-14-8-5-11-21(27)17-20-9-3-2-4-10-20/h2-16,18H,17,19H2,1H3,(H,29,30). The number of ether oxygens (including phenoxy) is 2. The first-order valence-electron chi connectivity index (χ1n) is 10.7. The second-order valence-corrected chi connectivity index (χ2v) is 7.69. The minimum absolute atomic E-state index is 0.406. The third-order valence-corrected chi connectivity index (χ3v) is 5.54. The smallest absolute Gasteiger partial charge is 0.138 e. The Hall–Kier alpha value is -4.05. The van der Waals surface area contributed by atoms with Crippen LogP contribution in [0, 0.1) is 0 Å². The SMILES string of the molecule is COc1ccc(-c2nc3ccccc3[nH]2)cc1COc1ccccc1Cc1ccccc1. The van der Waals surface area contributed by atoms with Gasteiger partial charge < -0.3 is 14.5 Å². The highest BCUT2D eigenvalue weighted by Gasteiger charge is 2.11. The van der Waals surface area contributed by atoms with Crippen LogP contribution in [-0.4, -0.2) is 17.1 Å². The normalized spacial score (nSPS) is 10.9.